The van der Waals surface area contributed by atoms with E-state index in [-0.39, 0.29) is 12.5 Å². The summed E-state index contributed by atoms with van der Waals surface area (Å²) in [6, 6.07) is 8.21. The average Bonchev–Trinajstić information content (AvgIpc) is 2.81. The zero-order valence-corrected chi connectivity index (χ0v) is 13.5. The van der Waals surface area contributed by atoms with E-state index in [1.54, 1.807) is 0 Å². The molecule has 1 unspecified atom stereocenters. The number of aliphatic hydroxyl groups excluding tert-OH is 1. The normalized spacial score (nSPS) is 19.5. The van der Waals surface area contributed by atoms with E-state index in [0.29, 0.717) is 13.2 Å². The van der Waals surface area contributed by atoms with Gasteiger partial charge >= 0.3 is 0 Å². The molecular weight excluding hydrogens is 290 g/mol. The summed E-state index contributed by atoms with van der Waals surface area (Å²) in [7, 11) is 0. The van der Waals surface area contributed by atoms with Crippen LogP contribution in [-0.2, 0) is 11.3 Å². The van der Waals surface area contributed by atoms with Gasteiger partial charge in [-0.05, 0) is 13.0 Å². The summed E-state index contributed by atoms with van der Waals surface area (Å²) < 4.78 is 5.52. The quantitative estimate of drug-likeness (QED) is 0.934. The molecule has 0 bridgehead atoms. The lowest BCUT2D eigenvalue weighted by molar-refractivity contribution is 0.0958. The minimum absolute atomic E-state index is 0.166. The molecule has 0 saturated carbocycles. The third-order valence-electron chi connectivity index (χ3n) is 4.07. The van der Waals surface area contributed by atoms with Crippen molar-refractivity contribution in [2.75, 3.05) is 32.9 Å². The third-order valence-corrected chi connectivity index (χ3v) is 4.07. The predicted octanol–water partition coefficient (Wildman–Crippen LogP) is 1.89. The van der Waals surface area contributed by atoms with Gasteiger partial charge < -0.3 is 9.84 Å². The van der Waals surface area contributed by atoms with Gasteiger partial charge in [0, 0.05) is 55.7 Å². The molecule has 0 radical (unpaired) electrons. The van der Waals surface area contributed by atoms with Crippen molar-refractivity contribution in [3.8, 4) is 11.4 Å². The molecule has 3 rings (SSSR count). The number of ether oxygens (including phenoxy) is 1. The van der Waals surface area contributed by atoms with Crippen molar-refractivity contribution in [1.82, 2.24) is 14.9 Å². The van der Waals surface area contributed by atoms with E-state index in [4.69, 9.17) is 4.74 Å². The maximum atomic E-state index is 9.35. The predicted molar refractivity (Wildman–Crippen MR) is 88.9 cm³/mol. The number of rotatable bonds is 4. The highest BCUT2D eigenvalue weighted by Gasteiger charge is 2.18. The fraction of sp³-hybridized carbons (Fsp3) is 0.444. The number of benzene rings is 1. The van der Waals surface area contributed by atoms with Crippen LogP contribution in [0.1, 0.15) is 11.1 Å². The number of aromatic nitrogens is 2. The van der Waals surface area contributed by atoms with Crippen molar-refractivity contribution in [2.24, 2.45) is 5.92 Å². The Hall–Kier alpha value is -1.82. The van der Waals surface area contributed by atoms with Gasteiger partial charge in [-0.25, -0.2) is 9.97 Å². The Morgan fingerprint density at radius 1 is 1.30 bits per heavy atom. The van der Waals surface area contributed by atoms with Crippen LogP contribution in [0.4, 0.5) is 0 Å². The number of nitrogens with zero attached hydrogens (tertiary/aromatic N) is 3. The summed E-state index contributed by atoms with van der Waals surface area (Å²) in [6.07, 6.45) is 3.79. The molecule has 122 valence electrons. The molecule has 1 fully saturated rings. The van der Waals surface area contributed by atoms with E-state index in [1.807, 2.05) is 24.5 Å². The Kier molecular flexibility index (Phi) is 5.33. The van der Waals surface area contributed by atoms with Crippen LogP contribution in [0.5, 0.6) is 0 Å². The van der Waals surface area contributed by atoms with Gasteiger partial charge in [-0.15, -0.1) is 0 Å². The minimum atomic E-state index is 0.166. The summed E-state index contributed by atoms with van der Waals surface area (Å²) in [6.45, 7) is 6.07. The Morgan fingerprint density at radius 2 is 2.13 bits per heavy atom. The van der Waals surface area contributed by atoms with Gasteiger partial charge in [0.2, 0.25) is 0 Å². The summed E-state index contributed by atoms with van der Waals surface area (Å²) >= 11 is 0. The van der Waals surface area contributed by atoms with E-state index in [0.717, 1.165) is 36.6 Å². The fourth-order valence-corrected chi connectivity index (χ4v) is 2.83. The Balaban J connectivity index is 1.67. The van der Waals surface area contributed by atoms with E-state index < -0.39 is 0 Å². The molecule has 1 N–H and O–H groups in total. The van der Waals surface area contributed by atoms with Crippen molar-refractivity contribution in [3.63, 3.8) is 0 Å². The van der Waals surface area contributed by atoms with Gasteiger partial charge in [-0.3, -0.25) is 4.90 Å². The topological polar surface area (TPSA) is 58.5 Å². The number of aliphatic hydroxyl groups is 1. The van der Waals surface area contributed by atoms with E-state index >= 15 is 0 Å². The van der Waals surface area contributed by atoms with Crippen LogP contribution in [0.3, 0.4) is 0 Å². The maximum absolute atomic E-state index is 9.35. The molecule has 5 nitrogen and oxygen atoms in total. The van der Waals surface area contributed by atoms with E-state index in [2.05, 4.69) is 33.9 Å². The van der Waals surface area contributed by atoms with Crippen LogP contribution in [0.2, 0.25) is 0 Å². The van der Waals surface area contributed by atoms with Gasteiger partial charge in [0.05, 0.1) is 13.2 Å². The molecule has 0 aliphatic carbocycles. The molecule has 1 aliphatic rings. The molecule has 1 saturated heterocycles. The van der Waals surface area contributed by atoms with Gasteiger partial charge in [-0.2, -0.15) is 0 Å². The monoisotopic (exact) mass is 313 g/mol. The first-order chi connectivity index (χ1) is 11.2. The minimum Gasteiger partial charge on any atom is -0.396 e. The van der Waals surface area contributed by atoms with Gasteiger partial charge in [-0.1, -0.05) is 23.8 Å². The largest absolute Gasteiger partial charge is 0.396 e. The first-order valence-electron chi connectivity index (χ1n) is 8.03. The average molecular weight is 313 g/mol. The summed E-state index contributed by atoms with van der Waals surface area (Å²) in [5, 5.41) is 9.35. The molecule has 2 aromatic rings. The Bertz CT molecular complexity index is 630. The fourth-order valence-electron chi connectivity index (χ4n) is 2.83. The van der Waals surface area contributed by atoms with Crippen molar-refractivity contribution in [2.45, 2.75) is 13.5 Å². The van der Waals surface area contributed by atoms with E-state index in [1.165, 1.54) is 5.56 Å². The molecule has 1 aromatic carbocycles. The summed E-state index contributed by atoms with van der Waals surface area (Å²) in [5.74, 6) is 0.940. The van der Waals surface area contributed by atoms with Crippen LogP contribution >= 0.6 is 0 Å². The molecule has 5 heteroatoms. The molecule has 1 aliphatic heterocycles. The second-order valence-electron chi connectivity index (χ2n) is 6.14. The number of hydrogen-bond acceptors (Lipinski definition) is 5. The Morgan fingerprint density at radius 3 is 2.87 bits per heavy atom. The summed E-state index contributed by atoms with van der Waals surface area (Å²) in [5.41, 5.74) is 3.33. The zero-order chi connectivity index (χ0) is 16.1. The van der Waals surface area contributed by atoms with Crippen LogP contribution < -0.4 is 0 Å². The lowest BCUT2D eigenvalue weighted by Crippen LogP contribution is -2.31. The van der Waals surface area contributed by atoms with Gasteiger partial charge in [0.15, 0.2) is 5.82 Å². The van der Waals surface area contributed by atoms with Crippen LogP contribution in [0.15, 0.2) is 36.7 Å². The van der Waals surface area contributed by atoms with Crippen LogP contribution in [0, 0.1) is 12.8 Å². The molecule has 0 spiro atoms. The smallest absolute Gasteiger partial charge is 0.159 e. The van der Waals surface area contributed by atoms with E-state index in [9.17, 15) is 5.11 Å². The maximum Gasteiger partial charge on any atom is 0.159 e. The lowest BCUT2D eigenvalue weighted by atomic mass is 10.1. The SMILES string of the molecule is Cc1cccc(-c2ncc(CN3CCOCC(CO)C3)cn2)c1. The van der Waals surface area contributed by atoms with Crippen molar-refractivity contribution in [1.29, 1.82) is 0 Å². The molecule has 0 amide bonds. The molecule has 23 heavy (non-hydrogen) atoms. The first kappa shape index (κ1) is 16.1. The second kappa shape index (κ2) is 7.64. The van der Waals surface area contributed by atoms with Crippen LogP contribution in [0.25, 0.3) is 11.4 Å². The first-order valence-corrected chi connectivity index (χ1v) is 8.03. The van der Waals surface area contributed by atoms with Gasteiger partial charge in [0.1, 0.15) is 0 Å². The summed E-state index contributed by atoms with van der Waals surface area (Å²) in [4.78, 5) is 11.3. The molecular formula is C18H23N3O2. The second-order valence-corrected chi connectivity index (χ2v) is 6.14. The Labute approximate surface area is 137 Å². The highest BCUT2D eigenvalue weighted by molar-refractivity contribution is 5.55. The molecule has 1 aromatic heterocycles. The van der Waals surface area contributed by atoms with Crippen LogP contribution in [-0.4, -0.2) is 52.9 Å². The van der Waals surface area contributed by atoms with Gasteiger partial charge in [0.25, 0.3) is 0 Å². The molecule has 2 heterocycles. The van der Waals surface area contributed by atoms with Crippen molar-refractivity contribution in [3.05, 3.63) is 47.8 Å². The highest BCUT2D eigenvalue weighted by atomic mass is 16.5. The molecule has 1 atom stereocenters. The third kappa shape index (κ3) is 4.34. The van der Waals surface area contributed by atoms with Crippen molar-refractivity contribution < 1.29 is 9.84 Å². The number of hydrogen-bond donors (Lipinski definition) is 1. The highest BCUT2D eigenvalue weighted by Crippen LogP contribution is 2.16. The van der Waals surface area contributed by atoms with Crippen molar-refractivity contribution >= 4 is 0 Å². The lowest BCUT2D eigenvalue weighted by Gasteiger charge is -2.22. The standard InChI is InChI=1S/C18H23N3O2/c1-14-3-2-4-17(7-14)18-19-8-15(9-20-18)10-21-5-6-23-13-16(11-21)12-22/h2-4,7-9,16,22H,5-6,10-13H2,1H3. The number of aryl methyl sites for hydroxylation is 1. The zero-order valence-electron chi connectivity index (χ0n) is 13.5.